The van der Waals surface area contributed by atoms with E-state index in [4.69, 9.17) is 5.26 Å². The summed E-state index contributed by atoms with van der Waals surface area (Å²) < 4.78 is 53.7. The molecule has 150 valence electrons. The van der Waals surface area contributed by atoms with Gasteiger partial charge in [-0.3, -0.25) is 14.5 Å². The van der Waals surface area contributed by atoms with Gasteiger partial charge in [-0.2, -0.15) is 23.5 Å². The van der Waals surface area contributed by atoms with Crippen molar-refractivity contribution in [1.82, 2.24) is 14.8 Å². The second kappa shape index (κ2) is 7.18. The van der Waals surface area contributed by atoms with Crippen LogP contribution in [0.3, 0.4) is 0 Å². The summed E-state index contributed by atoms with van der Waals surface area (Å²) in [5, 5.41) is 13.2. The average molecular weight is 413 g/mol. The largest absolute Gasteiger partial charge is 0.433 e. The van der Waals surface area contributed by atoms with Gasteiger partial charge in [0, 0.05) is 30.3 Å². The van der Waals surface area contributed by atoms with Gasteiger partial charge in [0.1, 0.15) is 17.6 Å². The third-order valence-corrected chi connectivity index (χ3v) is 4.55. The van der Waals surface area contributed by atoms with Crippen molar-refractivity contribution in [2.75, 3.05) is 0 Å². The number of halogens is 4. The number of alkyl halides is 3. The quantitative estimate of drug-likeness (QED) is 0.595. The normalized spacial score (nSPS) is 14.6. The maximum Gasteiger partial charge on any atom is 0.433 e. The fourth-order valence-corrected chi connectivity index (χ4v) is 3.09. The molecule has 0 bridgehead atoms. The molecule has 1 aromatic carbocycles. The molecule has 0 aliphatic carbocycles. The van der Waals surface area contributed by atoms with Crippen molar-refractivity contribution in [3.05, 3.63) is 70.9 Å². The van der Waals surface area contributed by atoms with Gasteiger partial charge >= 0.3 is 6.18 Å². The van der Waals surface area contributed by atoms with Crippen LogP contribution in [0.2, 0.25) is 0 Å². The molecule has 10 heteroatoms. The van der Waals surface area contributed by atoms with Gasteiger partial charge in [-0.15, -0.1) is 0 Å². The van der Waals surface area contributed by atoms with E-state index in [2.05, 4.69) is 15.1 Å². The Kier molecular flexibility index (Phi) is 4.66. The second-order valence-electron chi connectivity index (χ2n) is 6.49. The highest BCUT2D eigenvalue weighted by Crippen LogP contribution is 2.31. The van der Waals surface area contributed by atoms with Crippen LogP contribution in [0.25, 0.3) is 11.3 Å². The molecule has 1 amide bonds. The maximum absolute atomic E-state index is 13.4. The van der Waals surface area contributed by atoms with Crippen molar-refractivity contribution in [2.45, 2.75) is 19.1 Å². The lowest BCUT2D eigenvalue weighted by Gasteiger charge is -2.06. The van der Waals surface area contributed by atoms with Crippen LogP contribution in [-0.4, -0.2) is 26.4 Å². The second-order valence-corrected chi connectivity index (χ2v) is 6.49. The van der Waals surface area contributed by atoms with Gasteiger partial charge in [0.2, 0.25) is 0 Å². The Bertz CT molecular complexity index is 1240. The first-order valence-corrected chi connectivity index (χ1v) is 8.69. The number of benzene rings is 1. The molecular formula is C20H11F4N5O. The third-order valence-electron chi connectivity index (χ3n) is 4.55. The highest BCUT2D eigenvalue weighted by molar-refractivity contribution is 6.11. The van der Waals surface area contributed by atoms with Crippen LogP contribution in [-0.2, 0) is 12.7 Å². The standard InChI is InChI=1S/C20H11F4N5O/c21-14-2-1-12(7-13(14)10-25)19(30)27-15-4-6-29-17(15)9-16(28-29)11-3-5-26-18(8-11)20(22,23)24/h1-3,5,7-9H,4,6H2. The number of carbonyl (C=O) groups is 1. The summed E-state index contributed by atoms with van der Waals surface area (Å²) in [4.78, 5) is 19.8. The number of aromatic nitrogens is 3. The van der Waals surface area contributed by atoms with Gasteiger partial charge in [0.05, 0.1) is 22.7 Å². The van der Waals surface area contributed by atoms with Crippen molar-refractivity contribution < 1.29 is 22.4 Å². The predicted molar refractivity (Wildman–Crippen MR) is 97.1 cm³/mol. The van der Waals surface area contributed by atoms with E-state index in [0.717, 1.165) is 24.4 Å². The predicted octanol–water partition coefficient (Wildman–Crippen LogP) is 4.01. The van der Waals surface area contributed by atoms with Gasteiger partial charge in [0.15, 0.2) is 0 Å². The fourth-order valence-electron chi connectivity index (χ4n) is 3.09. The van der Waals surface area contributed by atoms with E-state index in [1.807, 2.05) is 0 Å². The number of hydrogen-bond acceptors (Lipinski definition) is 4. The fraction of sp³-hybridized carbons (Fsp3) is 0.150. The zero-order chi connectivity index (χ0) is 21.5. The van der Waals surface area contributed by atoms with E-state index in [1.54, 1.807) is 16.8 Å². The average Bonchev–Trinajstić information content (AvgIpc) is 3.30. The lowest BCUT2D eigenvalue weighted by atomic mass is 10.1. The molecule has 0 spiro atoms. The van der Waals surface area contributed by atoms with E-state index in [0.29, 0.717) is 30.1 Å². The molecule has 0 saturated heterocycles. The minimum Gasteiger partial charge on any atom is -0.267 e. The number of pyridine rings is 1. The van der Waals surface area contributed by atoms with Gasteiger partial charge in [-0.1, -0.05) is 0 Å². The topological polar surface area (TPSA) is 83.9 Å². The molecule has 2 aromatic heterocycles. The van der Waals surface area contributed by atoms with Crippen LogP contribution in [0.15, 0.2) is 47.6 Å². The number of nitriles is 1. The maximum atomic E-state index is 13.4. The number of hydrogen-bond donors (Lipinski definition) is 0. The monoisotopic (exact) mass is 413 g/mol. The molecule has 3 heterocycles. The first kappa shape index (κ1) is 19.4. The number of fused-ring (bicyclic) bond motifs is 1. The number of nitrogens with zero attached hydrogens (tertiary/aromatic N) is 5. The summed E-state index contributed by atoms with van der Waals surface area (Å²) in [5.41, 5.74) is 0.216. The highest BCUT2D eigenvalue weighted by atomic mass is 19.4. The van der Waals surface area contributed by atoms with Crippen molar-refractivity contribution in [3.8, 4) is 17.3 Å². The number of aliphatic imine (C=N–C) groups is 1. The first-order chi connectivity index (χ1) is 14.3. The van der Waals surface area contributed by atoms with E-state index in [1.165, 1.54) is 12.1 Å². The Hall–Kier alpha value is -3.87. The lowest BCUT2D eigenvalue weighted by Crippen LogP contribution is -2.07. The molecule has 0 unspecified atom stereocenters. The molecule has 1 aliphatic heterocycles. The zero-order valence-corrected chi connectivity index (χ0v) is 15.1. The Morgan fingerprint density at radius 1 is 1.20 bits per heavy atom. The van der Waals surface area contributed by atoms with Gasteiger partial charge in [-0.25, -0.2) is 9.38 Å². The molecule has 0 atom stereocenters. The van der Waals surface area contributed by atoms with Gasteiger partial charge in [0.25, 0.3) is 5.91 Å². The Morgan fingerprint density at radius 2 is 2.00 bits per heavy atom. The van der Waals surface area contributed by atoms with Crippen molar-refractivity contribution in [2.24, 2.45) is 4.99 Å². The SMILES string of the molecule is N#Cc1cc(C(=O)N=C2CCn3nc(-c4ccnc(C(F)(F)F)c4)cc32)ccc1F. The minimum atomic E-state index is -4.57. The van der Waals surface area contributed by atoms with Crippen LogP contribution in [0.4, 0.5) is 17.6 Å². The molecule has 0 radical (unpaired) electrons. The number of carbonyl (C=O) groups excluding carboxylic acids is 1. The van der Waals surface area contributed by atoms with E-state index >= 15 is 0 Å². The summed E-state index contributed by atoms with van der Waals surface area (Å²) in [7, 11) is 0. The third kappa shape index (κ3) is 3.57. The molecule has 4 rings (SSSR count). The molecule has 0 N–H and O–H groups in total. The molecule has 3 aromatic rings. The molecule has 6 nitrogen and oxygen atoms in total. The van der Waals surface area contributed by atoms with Crippen molar-refractivity contribution >= 4 is 11.6 Å². The first-order valence-electron chi connectivity index (χ1n) is 8.69. The summed E-state index contributed by atoms with van der Waals surface area (Å²) in [6.45, 7) is 0.408. The molecular weight excluding hydrogens is 402 g/mol. The number of aryl methyl sites for hydroxylation is 1. The van der Waals surface area contributed by atoms with Crippen molar-refractivity contribution in [1.29, 1.82) is 5.26 Å². The Morgan fingerprint density at radius 3 is 2.73 bits per heavy atom. The molecule has 0 fully saturated rings. The smallest absolute Gasteiger partial charge is 0.267 e. The van der Waals surface area contributed by atoms with E-state index in [9.17, 15) is 22.4 Å². The number of rotatable bonds is 2. The van der Waals surface area contributed by atoms with E-state index in [-0.39, 0.29) is 16.7 Å². The highest BCUT2D eigenvalue weighted by Gasteiger charge is 2.33. The molecule has 1 aliphatic rings. The number of amides is 1. The van der Waals surface area contributed by atoms with Crippen molar-refractivity contribution in [3.63, 3.8) is 0 Å². The molecule has 30 heavy (non-hydrogen) atoms. The Balaban J connectivity index is 1.65. The van der Waals surface area contributed by atoms with E-state index < -0.39 is 23.6 Å². The van der Waals surface area contributed by atoms with Crippen LogP contribution < -0.4 is 0 Å². The van der Waals surface area contributed by atoms with Gasteiger partial charge in [-0.05, 0) is 36.4 Å². The van der Waals surface area contributed by atoms with Crippen LogP contribution in [0, 0.1) is 17.1 Å². The van der Waals surface area contributed by atoms with Crippen LogP contribution in [0.5, 0.6) is 0 Å². The van der Waals surface area contributed by atoms with Crippen LogP contribution >= 0.6 is 0 Å². The zero-order valence-electron chi connectivity index (χ0n) is 15.1. The lowest BCUT2D eigenvalue weighted by molar-refractivity contribution is -0.141. The Labute approximate surface area is 167 Å². The van der Waals surface area contributed by atoms with Gasteiger partial charge < -0.3 is 0 Å². The minimum absolute atomic E-state index is 0.0580. The summed E-state index contributed by atoms with van der Waals surface area (Å²) in [5.74, 6) is -1.39. The summed E-state index contributed by atoms with van der Waals surface area (Å²) in [6.07, 6.45) is -3.11. The summed E-state index contributed by atoms with van der Waals surface area (Å²) >= 11 is 0. The summed E-state index contributed by atoms with van der Waals surface area (Å²) in [6, 6.07) is 8.91. The van der Waals surface area contributed by atoms with Crippen LogP contribution in [0.1, 0.15) is 33.7 Å². The molecule has 0 saturated carbocycles.